The molecule has 0 saturated heterocycles. The van der Waals surface area contributed by atoms with Gasteiger partial charge in [0.25, 0.3) is 0 Å². The highest BCUT2D eigenvalue weighted by Gasteiger charge is 2.57. The number of Topliss-reactive ketones (excluding diaryl/α,β-unsaturated/α-hetero) is 1. The molecule has 116 valence electrons. The van der Waals surface area contributed by atoms with Crippen LogP contribution in [0.3, 0.4) is 0 Å². The van der Waals surface area contributed by atoms with Crippen LogP contribution in [0.1, 0.15) is 79.6 Å². The number of carbonyl (C=O) groups excluding carboxylic acids is 1. The molecule has 2 saturated carbocycles. The van der Waals surface area contributed by atoms with Crippen molar-refractivity contribution in [2.24, 2.45) is 22.7 Å². The molecule has 20 heavy (non-hydrogen) atoms. The first-order valence-electron chi connectivity index (χ1n) is 8.31. The van der Waals surface area contributed by atoms with Gasteiger partial charge >= 0.3 is 0 Å². The minimum Gasteiger partial charge on any atom is -0.390 e. The Hall–Kier alpha value is -0.370. The van der Waals surface area contributed by atoms with Crippen LogP contribution >= 0.6 is 0 Å². The van der Waals surface area contributed by atoms with Crippen LogP contribution in [0.5, 0.6) is 0 Å². The highest BCUT2D eigenvalue weighted by Crippen LogP contribution is 2.62. The first kappa shape index (κ1) is 16.0. The zero-order valence-electron chi connectivity index (χ0n) is 14.0. The van der Waals surface area contributed by atoms with E-state index in [4.69, 9.17) is 0 Å². The summed E-state index contributed by atoms with van der Waals surface area (Å²) >= 11 is 0. The fraction of sp³-hybridized carbons (Fsp3) is 0.944. The highest BCUT2D eigenvalue weighted by molar-refractivity contribution is 5.75. The lowest BCUT2D eigenvalue weighted by Crippen LogP contribution is -2.57. The first-order valence-corrected chi connectivity index (χ1v) is 8.31. The molecule has 1 N–H and O–H groups in total. The first-order chi connectivity index (χ1) is 9.09. The number of hydrogen-bond acceptors (Lipinski definition) is 2. The van der Waals surface area contributed by atoms with Crippen LogP contribution in [-0.4, -0.2) is 16.5 Å². The van der Waals surface area contributed by atoms with Gasteiger partial charge in [-0.05, 0) is 68.6 Å². The summed E-state index contributed by atoms with van der Waals surface area (Å²) in [4.78, 5) is 11.4. The quantitative estimate of drug-likeness (QED) is 0.834. The molecular formula is C18H32O2. The lowest BCUT2D eigenvalue weighted by molar-refractivity contribution is -0.169. The fourth-order valence-corrected chi connectivity index (χ4v) is 5.61. The normalized spacial score (nSPS) is 43.9. The third-order valence-corrected chi connectivity index (χ3v) is 6.55. The van der Waals surface area contributed by atoms with Gasteiger partial charge in [-0.3, -0.25) is 0 Å². The van der Waals surface area contributed by atoms with Crippen LogP contribution < -0.4 is 0 Å². The molecule has 0 aliphatic heterocycles. The second-order valence-electron chi connectivity index (χ2n) is 8.59. The molecule has 2 fully saturated rings. The molecule has 2 rings (SSSR count). The zero-order chi connectivity index (χ0) is 15.2. The van der Waals surface area contributed by atoms with E-state index in [9.17, 15) is 9.90 Å². The number of fused-ring (bicyclic) bond motifs is 1. The van der Waals surface area contributed by atoms with Gasteiger partial charge in [0.2, 0.25) is 0 Å². The Morgan fingerprint density at radius 3 is 2.40 bits per heavy atom. The summed E-state index contributed by atoms with van der Waals surface area (Å²) < 4.78 is 0. The topological polar surface area (TPSA) is 37.3 Å². The van der Waals surface area contributed by atoms with Crippen LogP contribution in [0.2, 0.25) is 0 Å². The molecule has 2 aliphatic carbocycles. The Labute approximate surface area is 124 Å². The van der Waals surface area contributed by atoms with Gasteiger partial charge in [-0.25, -0.2) is 0 Å². The summed E-state index contributed by atoms with van der Waals surface area (Å²) in [5, 5.41) is 10.9. The van der Waals surface area contributed by atoms with Gasteiger partial charge in [-0.2, -0.15) is 0 Å². The molecule has 2 heteroatoms. The summed E-state index contributed by atoms with van der Waals surface area (Å²) in [7, 11) is 0. The Morgan fingerprint density at radius 2 is 1.80 bits per heavy atom. The van der Waals surface area contributed by atoms with Crippen molar-refractivity contribution in [2.75, 3.05) is 0 Å². The lowest BCUT2D eigenvalue weighted by atomic mass is 9.45. The van der Waals surface area contributed by atoms with Crippen molar-refractivity contribution in [3.8, 4) is 0 Å². The molecule has 0 amide bonds. The number of hydrogen-bond donors (Lipinski definition) is 1. The van der Waals surface area contributed by atoms with Gasteiger partial charge in [-0.1, -0.05) is 27.2 Å². The molecule has 2 aliphatic rings. The largest absolute Gasteiger partial charge is 0.390 e. The second-order valence-corrected chi connectivity index (χ2v) is 8.59. The average molecular weight is 280 g/mol. The standard InChI is InChI=1S/C18H32O2/c1-13(19)7-8-15-17(4)11-6-10-16(2,3)14(17)9-12-18(15,5)20/h14-15,20H,6-12H2,1-5H3. The summed E-state index contributed by atoms with van der Waals surface area (Å²) in [6.07, 6.45) is 7.25. The summed E-state index contributed by atoms with van der Waals surface area (Å²) in [5.41, 5.74) is -0.0367. The predicted molar refractivity (Wildman–Crippen MR) is 82.5 cm³/mol. The van der Waals surface area contributed by atoms with E-state index in [1.165, 1.54) is 19.3 Å². The van der Waals surface area contributed by atoms with Crippen LogP contribution in [0, 0.1) is 22.7 Å². The van der Waals surface area contributed by atoms with Gasteiger partial charge in [0.15, 0.2) is 0 Å². The maximum atomic E-state index is 11.4. The average Bonchev–Trinajstić information content (AvgIpc) is 2.25. The molecule has 0 heterocycles. The van der Waals surface area contributed by atoms with E-state index >= 15 is 0 Å². The van der Waals surface area contributed by atoms with E-state index in [0.717, 1.165) is 19.3 Å². The van der Waals surface area contributed by atoms with Crippen LogP contribution in [-0.2, 0) is 4.79 Å². The van der Waals surface area contributed by atoms with Crippen LogP contribution in [0.25, 0.3) is 0 Å². The molecule has 0 aromatic heterocycles. The van der Waals surface area contributed by atoms with Gasteiger partial charge in [-0.15, -0.1) is 0 Å². The van der Waals surface area contributed by atoms with Gasteiger partial charge in [0, 0.05) is 6.42 Å². The van der Waals surface area contributed by atoms with Crippen molar-refractivity contribution in [3.63, 3.8) is 0 Å². The van der Waals surface area contributed by atoms with Crippen molar-refractivity contribution in [1.82, 2.24) is 0 Å². The molecule has 0 bridgehead atoms. The van der Waals surface area contributed by atoms with Crippen molar-refractivity contribution < 1.29 is 9.90 Å². The van der Waals surface area contributed by atoms with Crippen molar-refractivity contribution >= 4 is 5.78 Å². The maximum Gasteiger partial charge on any atom is 0.129 e. The minimum absolute atomic E-state index is 0.193. The van der Waals surface area contributed by atoms with Gasteiger partial charge < -0.3 is 9.90 Å². The zero-order valence-corrected chi connectivity index (χ0v) is 14.0. The molecule has 4 unspecified atom stereocenters. The summed E-state index contributed by atoms with van der Waals surface area (Å²) in [6, 6.07) is 0. The van der Waals surface area contributed by atoms with Gasteiger partial charge in [0.1, 0.15) is 5.78 Å². The third-order valence-electron chi connectivity index (χ3n) is 6.55. The Kier molecular flexibility index (Phi) is 4.10. The molecule has 0 spiro atoms. The molecule has 0 aromatic rings. The molecule has 0 radical (unpaired) electrons. The predicted octanol–water partition coefficient (Wildman–Crippen LogP) is 4.35. The summed E-state index contributed by atoms with van der Waals surface area (Å²) in [5.74, 6) is 1.19. The number of ketones is 1. The highest BCUT2D eigenvalue weighted by atomic mass is 16.3. The number of carbonyl (C=O) groups is 1. The number of aliphatic hydroxyl groups is 1. The van der Waals surface area contributed by atoms with E-state index in [1.807, 2.05) is 6.92 Å². The van der Waals surface area contributed by atoms with E-state index in [0.29, 0.717) is 17.8 Å². The van der Waals surface area contributed by atoms with Crippen molar-refractivity contribution in [2.45, 2.75) is 85.2 Å². The van der Waals surface area contributed by atoms with E-state index in [2.05, 4.69) is 20.8 Å². The van der Waals surface area contributed by atoms with Crippen molar-refractivity contribution in [1.29, 1.82) is 0 Å². The van der Waals surface area contributed by atoms with E-state index < -0.39 is 5.60 Å². The Balaban J connectivity index is 2.30. The van der Waals surface area contributed by atoms with Crippen LogP contribution in [0.15, 0.2) is 0 Å². The van der Waals surface area contributed by atoms with Crippen LogP contribution in [0.4, 0.5) is 0 Å². The van der Waals surface area contributed by atoms with E-state index in [-0.39, 0.29) is 17.1 Å². The molecule has 4 atom stereocenters. The Bertz CT molecular complexity index is 383. The third kappa shape index (κ3) is 2.68. The van der Waals surface area contributed by atoms with Crippen molar-refractivity contribution in [3.05, 3.63) is 0 Å². The SMILES string of the molecule is CC(=O)CCC1C(C)(O)CCC2C(C)(C)CCCC21C. The fourth-order valence-electron chi connectivity index (χ4n) is 5.61. The molecule has 0 aromatic carbocycles. The second kappa shape index (κ2) is 5.12. The van der Waals surface area contributed by atoms with E-state index in [1.54, 1.807) is 6.92 Å². The molecule has 2 nitrogen and oxygen atoms in total. The van der Waals surface area contributed by atoms with Gasteiger partial charge in [0.05, 0.1) is 5.60 Å². The minimum atomic E-state index is -0.603. The lowest BCUT2D eigenvalue weighted by Gasteiger charge is -2.61. The molecular weight excluding hydrogens is 248 g/mol. The maximum absolute atomic E-state index is 11.4. The summed E-state index contributed by atoms with van der Waals surface area (Å²) in [6.45, 7) is 10.9. The smallest absolute Gasteiger partial charge is 0.129 e. The number of rotatable bonds is 3. The Morgan fingerprint density at radius 1 is 1.15 bits per heavy atom. The monoisotopic (exact) mass is 280 g/mol.